The maximum atomic E-state index is 5.03. The molecule has 0 fully saturated rings. The molecule has 1 N–H and O–H groups in total. The summed E-state index contributed by atoms with van der Waals surface area (Å²) >= 11 is 5.03. The Morgan fingerprint density at radius 2 is 1.93 bits per heavy atom. The SMILES string of the molecule is CCc1ccc(-c2cncc(=S)[nH]2)cc1. The van der Waals surface area contributed by atoms with Crippen LogP contribution in [0.3, 0.4) is 0 Å². The molecule has 0 aliphatic carbocycles. The summed E-state index contributed by atoms with van der Waals surface area (Å²) in [6.45, 7) is 2.15. The molecule has 2 aromatic rings. The summed E-state index contributed by atoms with van der Waals surface area (Å²) in [6, 6.07) is 8.42. The minimum atomic E-state index is 0.659. The number of nitrogens with zero attached hydrogens (tertiary/aromatic N) is 1. The first-order valence-corrected chi connectivity index (χ1v) is 5.34. The molecule has 0 aliphatic rings. The highest BCUT2D eigenvalue weighted by atomic mass is 32.1. The molecule has 0 radical (unpaired) electrons. The van der Waals surface area contributed by atoms with Gasteiger partial charge in [0.05, 0.1) is 18.1 Å². The first-order chi connectivity index (χ1) is 7.29. The van der Waals surface area contributed by atoms with Gasteiger partial charge in [-0.3, -0.25) is 4.98 Å². The van der Waals surface area contributed by atoms with Gasteiger partial charge in [-0.25, -0.2) is 0 Å². The highest BCUT2D eigenvalue weighted by Crippen LogP contribution is 2.16. The molecular weight excluding hydrogens is 204 g/mol. The second kappa shape index (κ2) is 4.36. The van der Waals surface area contributed by atoms with Gasteiger partial charge in [-0.05, 0) is 17.5 Å². The third kappa shape index (κ3) is 2.30. The molecule has 76 valence electrons. The van der Waals surface area contributed by atoms with Crippen LogP contribution in [0.5, 0.6) is 0 Å². The summed E-state index contributed by atoms with van der Waals surface area (Å²) in [5.74, 6) is 0. The van der Waals surface area contributed by atoms with Crippen molar-refractivity contribution in [2.75, 3.05) is 0 Å². The number of hydrogen-bond donors (Lipinski definition) is 1. The lowest BCUT2D eigenvalue weighted by Gasteiger charge is -2.02. The molecule has 0 saturated heterocycles. The van der Waals surface area contributed by atoms with E-state index < -0.39 is 0 Å². The van der Waals surface area contributed by atoms with Crippen LogP contribution in [0.15, 0.2) is 36.7 Å². The van der Waals surface area contributed by atoms with Crippen molar-refractivity contribution in [3.8, 4) is 11.3 Å². The van der Waals surface area contributed by atoms with Crippen LogP contribution in [0, 0.1) is 4.64 Å². The van der Waals surface area contributed by atoms with Gasteiger partial charge < -0.3 is 4.98 Å². The number of hydrogen-bond acceptors (Lipinski definition) is 2. The van der Waals surface area contributed by atoms with E-state index in [4.69, 9.17) is 12.2 Å². The van der Waals surface area contributed by atoms with Gasteiger partial charge in [0.25, 0.3) is 0 Å². The van der Waals surface area contributed by atoms with Gasteiger partial charge in [0.1, 0.15) is 4.64 Å². The minimum Gasteiger partial charge on any atom is -0.344 e. The molecule has 0 bridgehead atoms. The topological polar surface area (TPSA) is 28.7 Å². The van der Waals surface area contributed by atoms with Crippen molar-refractivity contribution in [2.45, 2.75) is 13.3 Å². The van der Waals surface area contributed by atoms with Gasteiger partial charge >= 0.3 is 0 Å². The normalized spacial score (nSPS) is 10.2. The second-order valence-corrected chi connectivity index (χ2v) is 3.80. The van der Waals surface area contributed by atoms with Crippen molar-refractivity contribution >= 4 is 12.2 Å². The van der Waals surface area contributed by atoms with Gasteiger partial charge in [-0.1, -0.05) is 43.4 Å². The molecule has 3 heteroatoms. The predicted molar refractivity (Wildman–Crippen MR) is 64.2 cm³/mol. The largest absolute Gasteiger partial charge is 0.344 e. The quantitative estimate of drug-likeness (QED) is 0.780. The van der Waals surface area contributed by atoms with Crippen LogP contribution in [0.4, 0.5) is 0 Å². The van der Waals surface area contributed by atoms with E-state index in [0.717, 1.165) is 17.7 Å². The van der Waals surface area contributed by atoms with Crippen LogP contribution in [-0.2, 0) is 6.42 Å². The molecule has 0 saturated carbocycles. The fourth-order valence-electron chi connectivity index (χ4n) is 1.44. The number of nitrogens with one attached hydrogen (secondary N) is 1. The van der Waals surface area contributed by atoms with Gasteiger partial charge in [0.2, 0.25) is 0 Å². The third-order valence-electron chi connectivity index (χ3n) is 2.33. The molecule has 2 nitrogen and oxygen atoms in total. The van der Waals surface area contributed by atoms with Crippen LogP contribution in [0.1, 0.15) is 12.5 Å². The fourth-order valence-corrected chi connectivity index (χ4v) is 1.61. The third-order valence-corrected chi connectivity index (χ3v) is 2.53. The number of aromatic amines is 1. The van der Waals surface area contributed by atoms with Crippen molar-refractivity contribution in [2.24, 2.45) is 0 Å². The monoisotopic (exact) mass is 216 g/mol. The summed E-state index contributed by atoms with van der Waals surface area (Å²) in [5.41, 5.74) is 3.41. The first-order valence-electron chi connectivity index (χ1n) is 4.93. The molecule has 0 unspecified atom stereocenters. The summed E-state index contributed by atoms with van der Waals surface area (Å²) in [7, 11) is 0. The predicted octanol–water partition coefficient (Wildman–Crippen LogP) is 3.37. The second-order valence-electron chi connectivity index (χ2n) is 3.36. The van der Waals surface area contributed by atoms with Gasteiger partial charge in [0, 0.05) is 0 Å². The van der Waals surface area contributed by atoms with Crippen molar-refractivity contribution < 1.29 is 0 Å². The molecule has 1 heterocycles. The number of aromatic nitrogens is 2. The highest BCUT2D eigenvalue weighted by Gasteiger charge is 1.97. The van der Waals surface area contributed by atoms with Crippen LogP contribution in [-0.4, -0.2) is 9.97 Å². The lowest BCUT2D eigenvalue weighted by molar-refractivity contribution is 1.14. The first kappa shape index (κ1) is 10.1. The standard InChI is InChI=1S/C12H12N2S/c1-2-9-3-5-10(6-4-9)11-7-13-8-12(15)14-11/h3-8H,2H2,1H3,(H,14,15). The number of aryl methyl sites for hydroxylation is 1. The zero-order valence-electron chi connectivity index (χ0n) is 8.53. The lowest BCUT2D eigenvalue weighted by atomic mass is 10.1. The van der Waals surface area contributed by atoms with E-state index in [2.05, 4.69) is 41.2 Å². The molecule has 0 atom stereocenters. The Labute approximate surface area is 94.0 Å². The zero-order valence-corrected chi connectivity index (χ0v) is 9.34. The average molecular weight is 216 g/mol. The Bertz CT molecular complexity index is 500. The molecule has 1 aromatic carbocycles. The van der Waals surface area contributed by atoms with Crippen LogP contribution in [0.2, 0.25) is 0 Å². The van der Waals surface area contributed by atoms with Crippen molar-refractivity contribution in [3.05, 3.63) is 46.9 Å². The summed E-state index contributed by atoms with van der Waals surface area (Å²) in [4.78, 5) is 7.18. The Hall–Kier alpha value is -1.48. The van der Waals surface area contributed by atoms with Gasteiger partial charge in [-0.2, -0.15) is 0 Å². The Morgan fingerprint density at radius 1 is 1.20 bits per heavy atom. The molecule has 1 aromatic heterocycles. The van der Waals surface area contributed by atoms with Gasteiger partial charge in [0.15, 0.2) is 0 Å². The fraction of sp³-hybridized carbons (Fsp3) is 0.167. The molecular formula is C12H12N2S. The Kier molecular flexibility index (Phi) is 2.92. The van der Waals surface area contributed by atoms with Crippen LogP contribution < -0.4 is 0 Å². The van der Waals surface area contributed by atoms with E-state index >= 15 is 0 Å². The van der Waals surface area contributed by atoms with Crippen LogP contribution in [0.25, 0.3) is 11.3 Å². The maximum absolute atomic E-state index is 5.03. The van der Waals surface area contributed by atoms with E-state index in [1.807, 2.05) is 0 Å². The van der Waals surface area contributed by atoms with Gasteiger partial charge in [-0.15, -0.1) is 0 Å². The van der Waals surface area contributed by atoms with E-state index in [0.29, 0.717) is 4.64 Å². The summed E-state index contributed by atoms with van der Waals surface area (Å²) < 4.78 is 0.659. The molecule has 0 amide bonds. The highest BCUT2D eigenvalue weighted by molar-refractivity contribution is 7.71. The number of benzene rings is 1. The van der Waals surface area contributed by atoms with E-state index in [1.165, 1.54) is 5.56 Å². The van der Waals surface area contributed by atoms with Crippen molar-refractivity contribution in [1.82, 2.24) is 9.97 Å². The number of rotatable bonds is 2. The van der Waals surface area contributed by atoms with Crippen molar-refractivity contribution in [3.63, 3.8) is 0 Å². The van der Waals surface area contributed by atoms with E-state index in [9.17, 15) is 0 Å². The van der Waals surface area contributed by atoms with E-state index in [1.54, 1.807) is 12.4 Å². The summed E-state index contributed by atoms with van der Waals surface area (Å²) in [6.07, 6.45) is 4.49. The smallest absolute Gasteiger partial charge is 0.122 e. The minimum absolute atomic E-state index is 0.659. The molecule has 15 heavy (non-hydrogen) atoms. The van der Waals surface area contributed by atoms with E-state index in [-0.39, 0.29) is 0 Å². The lowest BCUT2D eigenvalue weighted by Crippen LogP contribution is -1.86. The number of H-pyrrole nitrogens is 1. The molecule has 2 rings (SSSR count). The zero-order chi connectivity index (χ0) is 10.7. The molecule has 0 aliphatic heterocycles. The van der Waals surface area contributed by atoms with Crippen LogP contribution >= 0.6 is 12.2 Å². The Balaban J connectivity index is 2.41. The van der Waals surface area contributed by atoms with Crippen molar-refractivity contribution in [1.29, 1.82) is 0 Å². The average Bonchev–Trinajstić information content (AvgIpc) is 2.29. The summed E-state index contributed by atoms with van der Waals surface area (Å²) in [5, 5.41) is 0. The maximum Gasteiger partial charge on any atom is 0.122 e. The molecule has 0 spiro atoms. The Morgan fingerprint density at radius 3 is 2.53 bits per heavy atom.